The van der Waals surface area contributed by atoms with Crippen LogP contribution < -0.4 is 14.8 Å². The normalized spacial score (nSPS) is 19.5. The third-order valence-electron chi connectivity index (χ3n) is 2.39. The Morgan fingerprint density at radius 1 is 1.44 bits per heavy atom. The standard InChI is InChI=1S/C11H6BrNO3S2/c12-6-1-5(2-7-9(6)16-4-15-7)3-8-10(14)13-11(17)18-8/h1-3H,4H2,(H,13,14,17)/b8-3-. The minimum atomic E-state index is -0.168. The molecule has 0 radical (unpaired) electrons. The number of fused-ring (bicyclic) bond motifs is 1. The van der Waals surface area contributed by atoms with Gasteiger partial charge in [0.25, 0.3) is 5.91 Å². The molecular formula is C11H6BrNO3S2. The third-order valence-corrected chi connectivity index (χ3v) is 4.14. The highest BCUT2D eigenvalue weighted by Crippen LogP contribution is 2.41. The predicted octanol–water partition coefficient (Wildman–Crippen LogP) is 2.67. The third kappa shape index (κ3) is 2.13. The van der Waals surface area contributed by atoms with Crippen molar-refractivity contribution in [1.82, 2.24) is 5.32 Å². The maximum absolute atomic E-state index is 11.6. The summed E-state index contributed by atoms with van der Waals surface area (Å²) in [6.45, 7) is 0.216. The number of halogens is 1. The van der Waals surface area contributed by atoms with Crippen LogP contribution in [0, 0.1) is 0 Å². The first kappa shape index (κ1) is 12.0. The molecule has 1 saturated heterocycles. The van der Waals surface area contributed by atoms with Crippen LogP contribution in [0.25, 0.3) is 6.08 Å². The van der Waals surface area contributed by atoms with Gasteiger partial charge in [-0.1, -0.05) is 24.0 Å². The van der Waals surface area contributed by atoms with Crippen LogP contribution in [0.1, 0.15) is 5.56 Å². The number of hydrogen-bond donors (Lipinski definition) is 1. The minimum Gasteiger partial charge on any atom is -0.454 e. The second-order valence-corrected chi connectivity index (χ2v) is 6.16. The molecule has 0 aliphatic carbocycles. The molecule has 1 aromatic rings. The van der Waals surface area contributed by atoms with E-state index in [2.05, 4.69) is 21.2 Å². The average Bonchev–Trinajstić information content (AvgIpc) is 2.86. The highest BCUT2D eigenvalue weighted by atomic mass is 79.9. The van der Waals surface area contributed by atoms with Crippen LogP contribution in [0.4, 0.5) is 0 Å². The molecule has 7 heteroatoms. The van der Waals surface area contributed by atoms with Crippen molar-refractivity contribution in [3.63, 3.8) is 0 Å². The Bertz CT molecular complexity index is 600. The van der Waals surface area contributed by atoms with E-state index < -0.39 is 0 Å². The van der Waals surface area contributed by atoms with Gasteiger partial charge in [-0.05, 0) is 39.7 Å². The molecule has 0 unspecified atom stereocenters. The number of ether oxygens (including phenoxy) is 2. The molecule has 1 amide bonds. The fourth-order valence-corrected chi connectivity index (χ4v) is 3.26. The molecule has 0 bridgehead atoms. The summed E-state index contributed by atoms with van der Waals surface area (Å²) in [7, 11) is 0. The zero-order valence-electron chi connectivity index (χ0n) is 8.86. The van der Waals surface area contributed by atoms with Crippen molar-refractivity contribution in [2.45, 2.75) is 0 Å². The Hall–Kier alpha value is -1.05. The average molecular weight is 344 g/mol. The molecule has 1 fully saturated rings. The van der Waals surface area contributed by atoms with Gasteiger partial charge in [-0.3, -0.25) is 4.79 Å². The van der Waals surface area contributed by atoms with Crippen molar-refractivity contribution in [3.8, 4) is 11.5 Å². The topological polar surface area (TPSA) is 47.6 Å². The van der Waals surface area contributed by atoms with E-state index in [9.17, 15) is 4.79 Å². The summed E-state index contributed by atoms with van der Waals surface area (Å²) >= 11 is 9.59. The van der Waals surface area contributed by atoms with E-state index >= 15 is 0 Å². The smallest absolute Gasteiger partial charge is 0.263 e. The summed E-state index contributed by atoms with van der Waals surface area (Å²) in [5, 5.41) is 2.57. The molecule has 1 N–H and O–H groups in total. The molecule has 92 valence electrons. The Morgan fingerprint density at radius 3 is 3.00 bits per heavy atom. The van der Waals surface area contributed by atoms with Crippen LogP contribution in [-0.4, -0.2) is 17.0 Å². The van der Waals surface area contributed by atoms with Gasteiger partial charge in [-0.15, -0.1) is 0 Å². The highest BCUT2D eigenvalue weighted by Gasteiger charge is 2.23. The van der Waals surface area contributed by atoms with E-state index in [1.165, 1.54) is 11.8 Å². The fraction of sp³-hybridized carbons (Fsp3) is 0.0909. The largest absolute Gasteiger partial charge is 0.454 e. The summed E-state index contributed by atoms with van der Waals surface area (Å²) in [5.41, 5.74) is 0.855. The van der Waals surface area contributed by atoms with Crippen molar-refractivity contribution in [1.29, 1.82) is 0 Å². The van der Waals surface area contributed by atoms with E-state index in [1.54, 1.807) is 6.08 Å². The van der Waals surface area contributed by atoms with Crippen molar-refractivity contribution in [2.24, 2.45) is 0 Å². The Balaban J connectivity index is 1.99. The zero-order valence-corrected chi connectivity index (χ0v) is 12.1. The number of rotatable bonds is 1. The summed E-state index contributed by atoms with van der Waals surface area (Å²) < 4.78 is 11.9. The van der Waals surface area contributed by atoms with Gasteiger partial charge >= 0.3 is 0 Å². The molecule has 3 rings (SSSR count). The van der Waals surface area contributed by atoms with Gasteiger partial charge in [0.1, 0.15) is 4.32 Å². The van der Waals surface area contributed by atoms with Gasteiger partial charge in [0.05, 0.1) is 9.38 Å². The Labute approximate surface area is 121 Å². The van der Waals surface area contributed by atoms with Gasteiger partial charge in [0.2, 0.25) is 6.79 Å². The lowest BCUT2D eigenvalue weighted by Crippen LogP contribution is -2.17. The van der Waals surface area contributed by atoms with E-state index in [0.29, 0.717) is 20.7 Å². The number of thioether (sulfide) groups is 1. The fourth-order valence-electron chi connectivity index (χ4n) is 1.64. The SMILES string of the molecule is O=C1NC(=S)S/C1=C\c1cc(Br)c2c(c1)OCO2. The monoisotopic (exact) mass is 343 g/mol. The lowest BCUT2D eigenvalue weighted by molar-refractivity contribution is -0.115. The maximum Gasteiger partial charge on any atom is 0.263 e. The number of carbonyl (C=O) groups excluding carboxylic acids is 1. The van der Waals surface area contributed by atoms with E-state index in [1.807, 2.05) is 12.1 Å². The Kier molecular flexibility index (Phi) is 3.04. The summed E-state index contributed by atoms with van der Waals surface area (Å²) in [6.07, 6.45) is 1.77. The highest BCUT2D eigenvalue weighted by molar-refractivity contribution is 9.10. The molecule has 0 aromatic heterocycles. The molecule has 0 spiro atoms. The van der Waals surface area contributed by atoms with Gasteiger partial charge in [-0.25, -0.2) is 0 Å². The molecule has 2 aliphatic rings. The second kappa shape index (κ2) is 4.56. The number of nitrogens with one attached hydrogen (secondary N) is 1. The lowest BCUT2D eigenvalue weighted by Gasteiger charge is -2.01. The van der Waals surface area contributed by atoms with Crippen molar-refractivity contribution < 1.29 is 14.3 Å². The first-order valence-corrected chi connectivity index (χ1v) is 6.99. The summed E-state index contributed by atoms with van der Waals surface area (Å²) in [4.78, 5) is 12.1. The van der Waals surface area contributed by atoms with Crippen LogP contribution in [0.2, 0.25) is 0 Å². The number of benzene rings is 1. The summed E-state index contributed by atoms with van der Waals surface area (Å²) in [5.74, 6) is 1.19. The summed E-state index contributed by atoms with van der Waals surface area (Å²) in [6, 6.07) is 3.70. The molecule has 2 aliphatic heterocycles. The van der Waals surface area contributed by atoms with Crippen LogP contribution in [0.15, 0.2) is 21.5 Å². The van der Waals surface area contributed by atoms with E-state index in [-0.39, 0.29) is 12.7 Å². The number of thiocarbonyl (C=S) groups is 1. The van der Waals surface area contributed by atoms with Gasteiger partial charge in [0, 0.05) is 0 Å². The number of amides is 1. The molecule has 1 aromatic carbocycles. The van der Waals surface area contributed by atoms with Gasteiger partial charge < -0.3 is 14.8 Å². The second-order valence-electron chi connectivity index (χ2n) is 3.59. The van der Waals surface area contributed by atoms with Crippen LogP contribution in [-0.2, 0) is 4.79 Å². The Morgan fingerprint density at radius 2 is 2.28 bits per heavy atom. The van der Waals surface area contributed by atoms with E-state index in [4.69, 9.17) is 21.7 Å². The van der Waals surface area contributed by atoms with Gasteiger partial charge in [0.15, 0.2) is 11.5 Å². The van der Waals surface area contributed by atoms with Crippen LogP contribution in [0.5, 0.6) is 11.5 Å². The minimum absolute atomic E-state index is 0.168. The maximum atomic E-state index is 11.6. The first-order chi connectivity index (χ1) is 8.63. The van der Waals surface area contributed by atoms with Crippen molar-refractivity contribution >= 4 is 56.2 Å². The first-order valence-electron chi connectivity index (χ1n) is 4.97. The number of hydrogen-bond acceptors (Lipinski definition) is 5. The predicted molar refractivity (Wildman–Crippen MR) is 76.6 cm³/mol. The lowest BCUT2D eigenvalue weighted by atomic mass is 10.2. The van der Waals surface area contributed by atoms with Crippen molar-refractivity contribution in [2.75, 3.05) is 6.79 Å². The molecule has 18 heavy (non-hydrogen) atoms. The quantitative estimate of drug-likeness (QED) is 0.627. The molecule has 0 saturated carbocycles. The van der Waals surface area contributed by atoms with Crippen LogP contribution >= 0.6 is 39.9 Å². The molecule has 4 nitrogen and oxygen atoms in total. The van der Waals surface area contributed by atoms with Gasteiger partial charge in [-0.2, -0.15) is 0 Å². The molecule has 0 atom stereocenters. The zero-order chi connectivity index (χ0) is 12.7. The van der Waals surface area contributed by atoms with Crippen molar-refractivity contribution in [3.05, 3.63) is 27.1 Å². The number of carbonyl (C=O) groups is 1. The molecular weight excluding hydrogens is 338 g/mol. The molecule has 2 heterocycles. The van der Waals surface area contributed by atoms with E-state index in [0.717, 1.165) is 10.0 Å². The van der Waals surface area contributed by atoms with Crippen LogP contribution in [0.3, 0.4) is 0 Å².